The van der Waals surface area contributed by atoms with Crippen LogP contribution in [0.1, 0.15) is 33.5 Å². The number of carbonyl (C=O) groups excluding carboxylic acids is 1. The largest absolute Gasteiger partial charge is 0.469 e. The molecule has 2 rings (SSSR count). The lowest BCUT2D eigenvalue weighted by molar-refractivity contribution is -0.121. The first-order valence-corrected chi connectivity index (χ1v) is 7.51. The number of hydrogen-bond acceptors (Lipinski definition) is 6. The molecule has 2 heterocycles. The van der Waals surface area contributed by atoms with Crippen LogP contribution < -0.4 is 5.32 Å². The van der Waals surface area contributed by atoms with E-state index >= 15 is 0 Å². The lowest BCUT2D eigenvalue weighted by atomic mass is 10.1. The fourth-order valence-corrected chi connectivity index (χ4v) is 2.33. The van der Waals surface area contributed by atoms with Gasteiger partial charge in [-0.25, -0.2) is 0 Å². The van der Waals surface area contributed by atoms with Gasteiger partial charge in [0.25, 0.3) is 11.1 Å². The highest BCUT2D eigenvalue weighted by atomic mass is 32.2. The third kappa shape index (κ3) is 4.10. The van der Waals surface area contributed by atoms with E-state index < -0.39 is 0 Å². The van der Waals surface area contributed by atoms with Crippen molar-refractivity contribution in [1.29, 1.82) is 0 Å². The Kier molecular flexibility index (Phi) is 4.41. The summed E-state index contributed by atoms with van der Waals surface area (Å²) in [7, 11) is 0. The smallest absolute Gasteiger partial charge is 0.277 e. The highest BCUT2D eigenvalue weighted by Gasteiger charge is 2.22. The highest BCUT2D eigenvalue weighted by Crippen LogP contribution is 2.28. The Balaban J connectivity index is 2.03. The Morgan fingerprint density at radius 2 is 2.10 bits per heavy atom. The van der Waals surface area contributed by atoms with Gasteiger partial charge in [-0.05, 0) is 40.7 Å². The molecule has 0 fully saturated rings. The second-order valence-corrected chi connectivity index (χ2v) is 7.05. The minimum Gasteiger partial charge on any atom is -0.469 e. The standard InChI is InChI=1S/C14H19N3O3S/c1-8-10(6-7-19-8)12-16-17-13(20-12)21-9(2)11(18)15-14(3,4)5/h6-7,9H,1-5H3,(H,15,18)/t9-/m0/s1. The normalized spacial score (nSPS) is 13.2. The maximum absolute atomic E-state index is 12.0. The molecule has 0 aliphatic rings. The molecule has 0 unspecified atom stereocenters. The van der Waals surface area contributed by atoms with Crippen LogP contribution >= 0.6 is 11.8 Å². The van der Waals surface area contributed by atoms with E-state index in [1.807, 2.05) is 27.7 Å². The second-order valence-electron chi connectivity index (χ2n) is 5.76. The molecule has 0 aliphatic heterocycles. The van der Waals surface area contributed by atoms with Gasteiger partial charge in [0.2, 0.25) is 5.91 Å². The Labute approximate surface area is 127 Å². The fourth-order valence-electron chi connectivity index (χ4n) is 1.65. The minimum atomic E-state index is -0.317. The van der Waals surface area contributed by atoms with Gasteiger partial charge in [-0.3, -0.25) is 4.79 Å². The van der Waals surface area contributed by atoms with Gasteiger partial charge in [-0.15, -0.1) is 10.2 Å². The quantitative estimate of drug-likeness (QED) is 0.874. The Morgan fingerprint density at radius 3 is 2.67 bits per heavy atom. The lowest BCUT2D eigenvalue weighted by Crippen LogP contribution is -2.44. The van der Waals surface area contributed by atoms with Gasteiger partial charge in [-0.2, -0.15) is 0 Å². The molecule has 0 radical (unpaired) electrons. The molecular formula is C14H19N3O3S. The first-order valence-electron chi connectivity index (χ1n) is 6.63. The van der Waals surface area contributed by atoms with Crippen LogP contribution in [0.2, 0.25) is 0 Å². The molecule has 21 heavy (non-hydrogen) atoms. The molecule has 6 nitrogen and oxygen atoms in total. The van der Waals surface area contributed by atoms with Crippen LogP contribution in [0.4, 0.5) is 0 Å². The van der Waals surface area contributed by atoms with E-state index in [0.717, 1.165) is 5.56 Å². The molecule has 1 N–H and O–H groups in total. The molecule has 2 aromatic heterocycles. The van der Waals surface area contributed by atoms with Gasteiger partial charge < -0.3 is 14.2 Å². The zero-order valence-electron chi connectivity index (χ0n) is 12.8. The summed E-state index contributed by atoms with van der Waals surface area (Å²) >= 11 is 1.23. The van der Waals surface area contributed by atoms with Crippen LogP contribution in [0.25, 0.3) is 11.5 Å². The molecular weight excluding hydrogens is 290 g/mol. The van der Waals surface area contributed by atoms with Gasteiger partial charge in [0.1, 0.15) is 5.76 Å². The lowest BCUT2D eigenvalue weighted by Gasteiger charge is -2.22. The predicted octanol–water partition coefficient (Wildman–Crippen LogP) is 3.03. The van der Waals surface area contributed by atoms with Gasteiger partial charge in [0.15, 0.2) is 0 Å². The zero-order chi connectivity index (χ0) is 15.6. The Morgan fingerprint density at radius 1 is 1.38 bits per heavy atom. The van der Waals surface area contributed by atoms with E-state index in [-0.39, 0.29) is 16.7 Å². The summed E-state index contributed by atoms with van der Waals surface area (Å²) < 4.78 is 10.8. The molecule has 0 bridgehead atoms. The van der Waals surface area contributed by atoms with Crippen LogP contribution in [0, 0.1) is 6.92 Å². The van der Waals surface area contributed by atoms with Crippen LogP contribution in [0.3, 0.4) is 0 Å². The van der Waals surface area contributed by atoms with Crippen molar-refractivity contribution in [2.75, 3.05) is 0 Å². The number of carbonyl (C=O) groups is 1. The van der Waals surface area contributed by atoms with Gasteiger partial charge in [-0.1, -0.05) is 11.8 Å². The van der Waals surface area contributed by atoms with Crippen LogP contribution in [-0.4, -0.2) is 26.9 Å². The average molecular weight is 309 g/mol. The number of nitrogens with one attached hydrogen (secondary N) is 1. The van der Waals surface area contributed by atoms with Crippen LogP contribution in [0.5, 0.6) is 0 Å². The Hall–Kier alpha value is -1.76. The third-order valence-electron chi connectivity index (χ3n) is 2.64. The number of aryl methyl sites for hydroxylation is 1. The SMILES string of the molecule is Cc1occc1-c1nnc(S[C@@H](C)C(=O)NC(C)(C)C)o1. The van der Waals surface area contributed by atoms with Gasteiger partial charge >= 0.3 is 0 Å². The van der Waals surface area contributed by atoms with Crippen molar-refractivity contribution < 1.29 is 13.6 Å². The molecule has 0 saturated heterocycles. The molecule has 7 heteroatoms. The summed E-state index contributed by atoms with van der Waals surface area (Å²) in [5.74, 6) is 1.05. The molecule has 114 valence electrons. The summed E-state index contributed by atoms with van der Waals surface area (Å²) in [6.45, 7) is 9.45. The molecule has 0 aromatic carbocycles. The van der Waals surface area contributed by atoms with E-state index in [4.69, 9.17) is 8.83 Å². The zero-order valence-corrected chi connectivity index (χ0v) is 13.6. The second kappa shape index (κ2) is 5.93. The first kappa shape index (κ1) is 15.6. The number of thioether (sulfide) groups is 1. The van der Waals surface area contributed by atoms with E-state index in [1.54, 1.807) is 19.3 Å². The molecule has 2 aromatic rings. The first-order chi connectivity index (χ1) is 9.76. The molecule has 1 amide bonds. The van der Waals surface area contributed by atoms with Gasteiger partial charge in [0.05, 0.1) is 17.1 Å². The van der Waals surface area contributed by atoms with Crippen LogP contribution in [0.15, 0.2) is 26.4 Å². The van der Waals surface area contributed by atoms with Crippen LogP contribution in [-0.2, 0) is 4.79 Å². The number of aromatic nitrogens is 2. The van der Waals surface area contributed by atoms with Crippen molar-refractivity contribution in [3.05, 3.63) is 18.1 Å². The van der Waals surface area contributed by atoms with Crippen molar-refractivity contribution in [1.82, 2.24) is 15.5 Å². The predicted molar refractivity (Wildman–Crippen MR) is 80.0 cm³/mol. The Bertz CT molecular complexity index is 627. The molecule has 0 saturated carbocycles. The fraction of sp³-hybridized carbons (Fsp3) is 0.500. The molecule has 1 atom stereocenters. The van der Waals surface area contributed by atoms with E-state index in [1.165, 1.54) is 11.8 Å². The molecule has 0 aliphatic carbocycles. The topological polar surface area (TPSA) is 81.2 Å². The maximum Gasteiger partial charge on any atom is 0.277 e. The number of furan rings is 1. The third-order valence-corrected chi connectivity index (χ3v) is 3.57. The van der Waals surface area contributed by atoms with E-state index in [0.29, 0.717) is 16.9 Å². The van der Waals surface area contributed by atoms with Crippen molar-refractivity contribution >= 4 is 17.7 Å². The number of nitrogens with zero attached hydrogens (tertiary/aromatic N) is 2. The average Bonchev–Trinajstić information content (AvgIpc) is 2.95. The number of amides is 1. The van der Waals surface area contributed by atoms with E-state index in [9.17, 15) is 4.79 Å². The number of hydrogen-bond donors (Lipinski definition) is 1. The summed E-state index contributed by atoms with van der Waals surface area (Å²) in [5.41, 5.74) is 0.501. The molecule has 0 spiro atoms. The van der Waals surface area contributed by atoms with Gasteiger partial charge in [0, 0.05) is 5.54 Å². The van der Waals surface area contributed by atoms with Crippen molar-refractivity contribution in [3.63, 3.8) is 0 Å². The summed E-state index contributed by atoms with van der Waals surface area (Å²) in [6.07, 6.45) is 1.57. The highest BCUT2D eigenvalue weighted by molar-refractivity contribution is 8.00. The minimum absolute atomic E-state index is 0.0632. The monoisotopic (exact) mass is 309 g/mol. The summed E-state index contributed by atoms with van der Waals surface area (Å²) in [6, 6.07) is 1.77. The summed E-state index contributed by atoms with van der Waals surface area (Å²) in [5, 5.41) is 10.9. The van der Waals surface area contributed by atoms with Crippen molar-refractivity contribution in [2.24, 2.45) is 0 Å². The number of rotatable bonds is 4. The summed E-state index contributed by atoms with van der Waals surface area (Å²) in [4.78, 5) is 12.0. The van der Waals surface area contributed by atoms with Crippen molar-refractivity contribution in [2.45, 2.75) is 50.6 Å². The van der Waals surface area contributed by atoms with E-state index in [2.05, 4.69) is 15.5 Å². The maximum atomic E-state index is 12.0. The van der Waals surface area contributed by atoms with Crippen molar-refractivity contribution in [3.8, 4) is 11.5 Å².